The summed E-state index contributed by atoms with van der Waals surface area (Å²) in [6, 6.07) is 1.92. The Bertz CT molecular complexity index is 350. The van der Waals surface area contributed by atoms with Crippen molar-refractivity contribution in [3.8, 4) is 0 Å². The summed E-state index contributed by atoms with van der Waals surface area (Å²) in [5, 5.41) is 3.54. The number of Topliss-reactive ketones (excluding diaryl/α,β-unsaturated/α-hetero) is 1. The molecule has 1 rings (SSSR count). The van der Waals surface area contributed by atoms with Gasteiger partial charge >= 0.3 is 0 Å². The zero-order valence-electron chi connectivity index (χ0n) is 8.47. The second-order valence-corrected chi connectivity index (χ2v) is 3.80. The Morgan fingerprint density at radius 1 is 1.57 bits per heavy atom. The van der Waals surface area contributed by atoms with E-state index in [1.165, 1.54) is 13.1 Å². The summed E-state index contributed by atoms with van der Waals surface area (Å²) in [5.74, 6) is -0.0164. The van der Waals surface area contributed by atoms with Gasteiger partial charge in [0, 0.05) is 17.9 Å². The van der Waals surface area contributed by atoms with Gasteiger partial charge in [-0.2, -0.15) is 0 Å². The number of anilines is 1. The lowest BCUT2D eigenvalue weighted by Crippen LogP contribution is -2.13. The number of hydrogen-bond acceptors (Lipinski definition) is 3. The first kappa shape index (κ1) is 11.0. The molecule has 0 spiro atoms. The number of halogens is 1. The number of pyridine rings is 1. The third-order valence-corrected chi connectivity index (χ3v) is 1.90. The lowest BCUT2D eigenvalue weighted by atomic mass is 10.1. The third kappa shape index (κ3) is 2.70. The van der Waals surface area contributed by atoms with E-state index in [2.05, 4.69) is 10.3 Å². The van der Waals surface area contributed by atoms with E-state index in [0.29, 0.717) is 10.7 Å². The van der Waals surface area contributed by atoms with Crippen LogP contribution < -0.4 is 5.32 Å². The Balaban J connectivity index is 3.09. The molecule has 0 radical (unpaired) electrons. The minimum Gasteiger partial charge on any atom is -0.382 e. The van der Waals surface area contributed by atoms with Gasteiger partial charge in [-0.3, -0.25) is 4.79 Å². The van der Waals surface area contributed by atoms with Gasteiger partial charge in [0.15, 0.2) is 5.78 Å². The molecule has 1 N–H and O–H groups in total. The van der Waals surface area contributed by atoms with Crippen molar-refractivity contribution in [1.29, 1.82) is 0 Å². The molecule has 0 aliphatic heterocycles. The highest BCUT2D eigenvalue weighted by molar-refractivity contribution is 6.29. The Kier molecular flexibility index (Phi) is 3.47. The largest absolute Gasteiger partial charge is 0.382 e. The van der Waals surface area contributed by atoms with Gasteiger partial charge in [0.25, 0.3) is 0 Å². The first-order valence-electron chi connectivity index (χ1n) is 4.43. The van der Waals surface area contributed by atoms with Crippen molar-refractivity contribution in [3.63, 3.8) is 0 Å². The average Bonchev–Trinajstić information content (AvgIpc) is 2.01. The van der Waals surface area contributed by atoms with Crippen LogP contribution in [0, 0.1) is 0 Å². The highest BCUT2D eigenvalue weighted by atomic mass is 35.5. The second kappa shape index (κ2) is 4.42. The number of nitrogens with zero attached hydrogens (tertiary/aromatic N) is 1. The van der Waals surface area contributed by atoms with E-state index in [0.717, 1.165) is 5.69 Å². The molecular weight excluding hydrogens is 200 g/mol. The summed E-state index contributed by atoms with van der Waals surface area (Å²) in [6.07, 6.45) is 1.50. The van der Waals surface area contributed by atoms with Crippen molar-refractivity contribution in [3.05, 3.63) is 23.0 Å². The van der Waals surface area contributed by atoms with Gasteiger partial charge in [-0.05, 0) is 26.8 Å². The molecule has 4 heteroatoms. The molecule has 0 amide bonds. The van der Waals surface area contributed by atoms with Crippen molar-refractivity contribution in [2.24, 2.45) is 0 Å². The number of aromatic nitrogens is 1. The third-order valence-electron chi connectivity index (χ3n) is 1.69. The van der Waals surface area contributed by atoms with E-state index < -0.39 is 0 Å². The molecule has 0 unspecified atom stereocenters. The van der Waals surface area contributed by atoms with Crippen molar-refractivity contribution < 1.29 is 4.79 Å². The van der Waals surface area contributed by atoms with Gasteiger partial charge < -0.3 is 5.32 Å². The minimum absolute atomic E-state index is 0.0164. The maximum Gasteiger partial charge on any atom is 0.163 e. The molecule has 0 aliphatic rings. The smallest absolute Gasteiger partial charge is 0.163 e. The van der Waals surface area contributed by atoms with Gasteiger partial charge in [-0.1, -0.05) is 11.6 Å². The first-order chi connectivity index (χ1) is 6.50. The van der Waals surface area contributed by atoms with Crippen molar-refractivity contribution in [2.45, 2.75) is 26.8 Å². The summed E-state index contributed by atoms with van der Waals surface area (Å²) in [5.41, 5.74) is 1.32. The zero-order chi connectivity index (χ0) is 10.7. The fourth-order valence-corrected chi connectivity index (χ4v) is 1.30. The van der Waals surface area contributed by atoms with Gasteiger partial charge in [-0.15, -0.1) is 0 Å². The molecule has 1 aromatic rings. The number of carbonyl (C=O) groups excluding carboxylic acids is 1. The predicted octanol–water partition coefficient (Wildman–Crippen LogP) is 2.76. The van der Waals surface area contributed by atoms with Crippen LogP contribution in [0.1, 0.15) is 31.1 Å². The summed E-state index contributed by atoms with van der Waals surface area (Å²) in [6.45, 7) is 5.51. The number of rotatable bonds is 3. The fraction of sp³-hybridized carbons (Fsp3) is 0.400. The van der Waals surface area contributed by atoms with Crippen molar-refractivity contribution in [1.82, 2.24) is 4.98 Å². The first-order valence-corrected chi connectivity index (χ1v) is 4.81. The molecule has 76 valence electrons. The van der Waals surface area contributed by atoms with Crippen LogP contribution in [-0.2, 0) is 0 Å². The predicted molar refractivity (Wildman–Crippen MR) is 58.0 cm³/mol. The summed E-state index contributed by atoms with van der Waals surface area (Å²) in [7, 11) is 0. The van der Waals surface area contributed by atoms with Gasteiger partial charge in [0.05, 0.1) is 5.56 Å². The quantitative estimate of drug-likeness (QED) is 0.619. The molecule has 0 atom stereocenters. The minimum atomic E-state index is -0.0164. The fourth-order valence-electron chi connectivity index (χ4n) is 1.14. The monoisotopic (exact) mass is 212 g/mol. The van der Waals surface area contributed by atoms with Crippen LogP contribution in [0.4, 0.5) is 5.69 Å². The standard InChI is InChI=1S/C10H13ClN2O/c1-6(2)13-9-4-10(11)12-5-8(9)7(3)14/h4-6H,1-3H3,(H,12,13). The van der Waals surface area contributed by atoms with E-state index in [-0.39, 0.29) is 11.8 Å². The molecule has 14 heavy (non-hydrogen) atoms. The molecule has 3 nitrogen and oxygen atoms in total. The van der Waals surface area contributed by atoms with E-state index >= 15 is 0 Å². The topological polar surface area (TPSA) is 42.0 Å². The zero-order valence-corrected chi connectivity index (χ0v) is 9.22. The highest BCUT2D eigenvalue weighted by Crippen LogP contribution is 2.19. The van der Waals surface area contributed by atoms with Crippen LogP contribution in [0.3, 0.4) is 0 Å². The Morgan fingerprint density at radius 3 is 2.71 bits per heavy atom. The Labute approximate surface area is 88.5 Å². The maximum atomic E-state index is 11.2. The SMILES string of the molecule is CC(=O)c1cnc(Cl)cc1NC(C)C. The summed E-state index contributed by atoms with van der Waals surface area (Å²) < 4.78 is 0. The molecule has 0 aliphatic carbocycles. The van der Waals surface area contributed by atoms with Crippen molar-refractivity contribution in [2.75, 3.05) is 5.32 Å². The van der Waals surface area contributed by atoms with Gasteiger partial charge in [-0.25, -0.2) is 4.98 Å². The van der Waals surface area contributed by atoms with Gasteiger partial charge in [0.2, 0.25) is 0 Å². The van der Waals surface area contributed by atoms with Gasteiger partial charge in [0.1, 0.15) is 5.15 Å². The van der Waals surface area contributed by atoms with E-state index in [4.69, 9.17) is 11.6 Å². The number of carbonyl (C=O) groups is 1. The van der Waals surface area contributed by atoms with Crippen LogP contribution in [0.15, 0.2) is 12.3 Å². The molecule has 0 fully saturated rings. The molecule has 0 aromatic carbocycles. The van der Waals surface area contributed by atoms with Crippen LogP contribution in [0.5, 0.6) is 0 Å². The van der Waals surface area contributed by atoms with Crippen LogP contribution >= 0.6 is 11.6 Å². The Hall–Kier alpha value is -1.09. The van der Waals surface area contributed by atoms with E-state index in [9.17, 15) is 4.79 Å². The normalized spacial score (nSPS) is 10.4. The maximum absolute atomic E-state index is 11.2. The molecule has 1 aromatic heterocycles. The average molecular weight is 213 g/mol. The van der Waals surface area contributed by atoms with Crippen LogP contribution in [0.2, 0.25) is 5.15 Å². The highest BCUT2D eigenvalue weighted by Gasteiger charge is 2.09. The molecule has 0 saturated carbocycles. The van der Waals surface area contributed by atoms with E-state index in [1.54, 1.807) is 6.07 Å². The molecule has 0 bridgehead atoms. The second-order valence-electron chi connectivity index (χ2n) is 3.41. The summed E-state index contributed by atoms with van der Waals surface area (Å²) >= 11 is 5.74. The number of hydrogen-bond donors (Lipinski definition) is 1. The van der Waals surface area contributed by atoms with Crippen LogP contribution in [0.25, 0.3) is 0 Å². The lowest BCUT2D eigenvalue weighted by molar-refractivity contribution is 0.101. The Morgan fingerprint density at radius 2 is 2.21 bits per heavy atom. The van der Waals surface area contributed by atoms with Crippen LogP contribution in [-0.4, -0.2) is 16.8 Å². The molecule has 1 heterocycles. The van der Waals surface area contributed by atoms with Crippen molar-refractivity contribution >= 4 is 23.1 Å². The summed E-state index contributed by atoms with van der Waals surface area (Å²) in [4.78, 5) is 15.1. The lowest BCUT2D eigenvalue weighted by Gasteiger charge is -2.12. The van der Waals surface area contributed by atoms with E-state index in [1.807, 2.05) is 13.8 Å². The molecular formula is C10H13ClN2O. The molecule has 0 saturated heterocycles. The number of nitrogens with one attached hydrogen (secondary N) is 1. The number of ketones is 1.